The summed E-state index contributed by atoms with van der Waals surface area (Å²) < 4.78 is 5.14. The summed E-state index contributed by atoms with van der Waals surface area (Å²) in [6, 6.07) is 4.48. The van der Waals surface area contributed by atoms with Gasteiger partial charge in [-0.2, -0.15) is 0 Å². The van der Waals surface area contributed by atoms with Crippen LogP contribution in [-0.4, -0.2) is 7.11 Å². The van der Waals surface area contributed by atoms with Crippen molar-refractivity contribution in [1.29, 1.82) is 0 Å². The lowest BCUT2D eigenvalue weighted by Crippen LogP contribution is -1.97. The molecule has 78 valence electrons. The van der Waals surface area contributed by atoms with Crippen molar-refractivity contribution < 1.29 is 4.74 Å². The lowest BCUT2D eigenvalue weighted by molar-refractivity contribution is 0.185. The predicted octanol–water partition coefficient (Wildman–Crippen LogP) is 3.40. The second kappa shape index (κ2) is 5.16. The molecule has 0 bridgehead atoms. The van der Waals surface area contributed by atoms with Gasteiger partial charge in [-0.1, -0.05) is 25.5 Å². The molecule has 0 heterocycles. The van der Waals surface area contributed by atoms with E-state index >= 15 is 0 Å². The number of aryl methyl sites for hydroxylation is 2. The quantitative estimate of drug-likeness (QED) is 0.710. The third-order valence-electron chi connectivity index (χ3n) is 2.57. The highest BCUT2D eigenvalue weighted by atomic mass is 16.5. The van der Waals surface area contributed by atoms with Crippen LogP contribution < -0.4 is 0 Å². The van der Waals surface area contributed by atoms with Gasteiger partial charge in [0.1, 0.15) is 0 Å². The predicted molar refractivity (Wildman–Crippen MR) is 60.6 cm³/mol. The average molecular weight is 192 g/mol. The van der Waals surface area contributed by atoms with E-state index in [9.17, 15) is 0 Å². The Morgan fingerprint density at radius 2 is 1.71 bits per heavy atom. The molecule has 0 aromatic heterocycles. The molecular formula is C13H20O. The van der Waals surface area contributed by atoms with Gasteiger partial charge < -0.3 is 4.74 Å². The lowest BCUT2D eigenvalue weighted by atomic mass is 9.96. The van der Waals surface area contributed by atoms with E-state index in [1.54, 1.807) is 7.11 Å². The van der Waals surface area contributed by atoms with Crippen LogP contribution in [0.25, 0.3) is 0 Å². The van der Waals surface area contributed by atoms with E-state index in [-0.39, 0.29) is 0 Å². The highest BCUT2D eigenvalue weighted by Crippen LogP contribution is 2.18. The van der Waals surface area contributed by atoms with Gasteiger partial charge in [0.05, 0.1) is 6.61 Å². The maximum atomic E-state index is 5.14. The van der Waals surface area contributed by atoms with Crippen LogP contribution in [0.15, 0.2) is 12.1 Å². The normalized spacial score (nSPS) is 10.6. The summed E-state index contributed by atoms with van der Waals surface area (Å²) in [7, 11) is 1.74. The lowest BCUT2D eigenvalue weighted by Gasteiger charge is -2.11. The SMILES string of the molecule is CCCc1c(C)cc(COC)cc1C. The molecule has 14 heavy (non-hydrogen) atoms. The molecular weight excluding hydrogens is 172 g/mol. The van der Waals surface area contributed by atoms with E-state index in [4.69, 9.17) is 4.74 Å². The Morgan fingerprint density at radius 3 is 2.14 bits per heavy atom. The maximum absolute atomic E-state index is 5.14. The molecule has 0 saturated carbocycles. The van der Waals surface area contributed by atoms with Crippen LogP contribution in [0.2, 0.25) is 0 Å². The molecule has 0 N–H and O–H groups in total. The fraction of sp³-hybridized carbons (Fsp3) is 0.538. The molecule has 0 fully saturated rings. The van der Waals surface area contributed by atoms with Gasteiger partial charge in [0, 0.05) is 7.11 Å². The van der Waals surface area contributed by atoms with Crippen LogP contribution in [0.5, 0.6) is 0 Å². The second-order valence-corrected chi connectivity index (χ2v) is 3.89. The Bertz CT molecular complexity index is 279. The zero-order valence-corrected chi connectivity index (χ0v) is 9.68. The van der Waals surface area contributed by atoms with Gasteiger partial charge in [0.25, 0.3) is 0 Å². The summed E-state index contributed by atoms with van der Waals surface area (Å²) in [4.78, 5) is 0. The third-order valence-corrected chi connectivity index (χ3v) is 2.57. The van der Waals surface area contributed by atoms with Crippen molar-refractivity contribution >= 4 is 0 Å². The minimum absolute atomic E-state index is 0.716. The topological polar surface area (TPSA) is 9.23 Å². The van der Waals surface area contributed by atoms with Gasteiger partial charge >= 0.3 is 0 Å². The largest absolute Gasteiger partial charge is 0.380 e. The Kier molecular flexibility index (Phi) is 4.15. The fourth-order valence-corrected chi connectivity index (χ4v) is 1.98. The summed E-state index contributed by atoms with van der Waals surface area (Å²) >= 11 is 0. The highest BCUT2D eigenvalue weighted by Gasteiger charge is 2.03. The molecule has 0 aliphatic rings. The van der Waals surface area contributed by atoms with Crippen LogP contribution in [0.3, 0.4) is 0 Å². The molecule has 0 radical (unpaired) electrons. The Labute approximate surface area is 87.1 Å². The monoisotopic (exact) mass is 192 g/mol. The first-order chi connectivity index (χ1) is 6.69. The number of rotatable bonds is 4. The van der Waals surface area contributed by atoms with Crippen molar-refractivity contribution in [2.45, 2.75) is 40.2 Å². The van der Waals surface area contributed by atoms with E-state index in [0.29, 0.717) is 6.61 Å². The minimum Gasteiger partial charge on any atom is -0.380 e. The van der Waals surface area contributed by atoms with Crippen LogP contribution in [0, 0.1) is 13.8 Å². The highest BCUT2D eigenvalue weighted by molar-refractivity contribution is 5.37. The van der Waals surface area contributed by atoms with E-state index < -0.39 is 0 Å². The van der Waals surface area contributed by atoms with Gasteiger partial charge in [0.2, 0.25) is 0 Å². The minimum atomic E-state index is 0.716. The maximum Gasteiger partial charge on any atom is 0.0713 e. The molecule has 1 nitrogen and oxygen atoms in total. The molecule has 0 unspecified atom stereocenters. The van der Waals surface area contributed by atoms with E-state index in [2.05, 4.69) is 32.9 Å². The number of benzene rings is 1. The van der Waals surface area contributed by atoms with Crippen molar-refractivity contribution in [2.24, 2.45) is 0 Å². The smallest absolute Gasteiger partial charge is 0.0713 e. The van der Waals surface area contributed by atoms with E-state index in [1.165, 1.54) is 35.1 Å². The molecule has 1 heteroatoms. The van der Waals surface area contributed by atoms with E-state index in [1.807, 2.05) is 0 Å². The summed E-state index contributed by atoms with van der Waals surface area (Å²) in [6.45, 7) is 7.32. The molecule has 1 aromatic rings. The zero-order chi connectivity index (χ0) is 10.6. The Hall–Kier alpha value is -0.820. The number of ether oxygens (including phenoxy) is 1. The fourth-order valence-electron chi connectivity index (χ4n) is 1.98. The summed E-state index contributed by atoms with van der Waals surface area (Å²) in [5, 5.41) is 0. The molecule has 0 atom stereocenters. The van der Waals surface area contributed by atoms with Crippen molar-refractivity contribution in [1.82, 2.24) is 0 Å². The van der Waals surface area contributed by atoms with Gasteiger partial charge in [-0.25, -0.2) is 0 Å². The average Bonchev–Trinajstić information content (AvgIpc) is 2.12. The van der Waals surface area contributed by atoms with E-state index in [0.717, 1.165) is 0 Å². The van der Waals surface area contributed by atoms with Crippen molar-refractivity contribution in [3.05, 3.63) is 34.4 Å². The molecule has 0 aliphatic heterocycles. The first-order valence-corrected chi connectivity index (χ1v) is 5.27. The van der Waals surface area contributed by atoms with Crippen LogP contribution in [0.4, 0.5) is 0 Å². The van der Waals surface area contributed by atoms with Crippen LogP contribution >= 0.6 is 0 Å². The van der Waals surface area contributed by atoms with Gasteiger partial charge in [0.15, 0.2) is 0 Å². The van der Waals surface area contributed by atoms with Crippen molar-refractivity contribution in [2.75, 3.05) is 7.11 Å². The first-order valence-electron chi connectivity index (χ1n) is 5.27. The first kappa shape index (κ1) is 11.3. The van der Waals surface area contributed by atoms with Crippen LogP contribution in [-0.2, 0) is 17.8 Å². The van der Waals surface area contributed by atoms with Gasteiger partial charge in [-0.05, 0) is 42.5 Å². The molecule has 0 spiro atoms. The number of hydrogen-bond acceptors (Lipinski definition) is 1. The molecule has 1 aromatic carbocycles. The summed E-state index contributed by atoms with van der Waals surface area (Å²) in [5.41, 5.74) is 5.59. The van der Waals surface area contributed by atoms with Crippen LogP contribution in [0.1, 0.15) is 35.6 Å². The molecule has 0 saturated heterocycles. The summed E-state index contributed by atoms with van der Waals surface area (Å²) in [6.07, 6.45) is 2.40. The van der Waals surface area contributed by atoms with Gasteiger partial charge in [-0.3, -0.25) is 0 Å². The van der Waals surface area contributed by atoms with Crippen molar-refractivity contribution in [3.63, 3.8) is 0 Å². The zero-order valence-electron chi connectivity index (χ0n) is 9.68. The molecule has 0 aliphatic carbocycles. The number of methoxy groups -OCH3 is 1. The molecule has 0 amide bonds. The Morgan fingerprint density at radius 1 is 1.14 bits per heavy atom. The number of hydrogen-bond donors (Lipinski definition) is 0. The molecule has 1 rings (SSSR count). The van der Waals surface area contributed by atoms with Crippen molar-refractivity contribution in [3.8, 4) is 0 Å². The van der Waals surface area contributed by atoms with Gasteiger partial charge in [-0.15, -0.1) is 0 Å². The third kappa shape index (κ3) is 2.58. The summed E-state index contributed by atoms with van der Waals surface area (Å²) in [5.74, 6) is 0. The second-order valence-electron chi connectivity index (χ2n) is 3.89. The standard InChI is InChI=1S/C13H20O/c1-5-6-13-10(2)7-12(9-14-4)8-11(13)3/h7-8H,5-6,9H2,1-4H3. The Balaban J connectivity index is 2.98.